The van der Waals surface area contributed by atoms with Crippen LogP contribution in [-0.4, -0.2) is 57.1 Å². The average molecular weight is 232 g/mol. The van der Waals surface area contributed by atoms with Crippen LogP contribution in [0.25, 0.3) is 0 Å². The molecule has 0 rings (SSSR count). The minimum atomic E-state index is -2.30. The van der Waals surface area contributed by atoms with Crippen LogP contribution in [0.3, 0.4) is 0 Å². The zero-order chi connectivity index (χ0) is 10.6. The maximum atomic E-state index is 10.4. The fourth-order valence-electron chi connectivity index (χ4n) is 0.594. The number of aliphatic hydroxyl groups is 4. The number of aliphatic hydroxyl groups excluding tert-OH is 4. The summed E-state index contributed by atoms with van der Waals surface area (Å²) in [5.41, 5.74) is 0. The van der Waals surface area contributed by atoms with E-state index >= 15 is 0 Å². The number of carbonyl (C=O) groups excluding carboxylic acids is 2. The first-order valence-corrected chi connectivity index (χ1v) is 3.32. The van der Waals surface area contributed by atoms with E-state index in [0.29, 0.717) is 0 Å². The van der Waals surface area contributed by atoms with Gasteiger partial charge in [-0.15, -0.1) is 0 Å². The molecule has 0 amide bonds. The van der Waals surface area contributed by atoms with Crippen LogP contribution in [0, 0.1) is 0 Å². The van der Waals surface area contributed by atoms with Gasteiger partial charge in [-0.25, -0.2) is 0 Å². The second-order valence-electron chi connectivity index (χ2n) is 2.34. The number of hydrogen-bond donors (Lipinski definition) is 4. The van der Waals surface area contributed by atoms with Crippen molar-refractivity contribution in [3.05, 3.63) is 0 Å². The molecule has 0 aromatic heterocycles. The normalized spacial score (nSPS) is 16.3. The van der Waals surface area contributed by atoms with Crippen molar-refractivity contribution in [2.24, 2.45) is 0 Å². The molecule has 0 bridgehead atoms. The summed E-state index contributed by atoms with van der Waals surface area (Å²) >= 11 is 0. The Morgan fingerprint density at radius 2 is 1.64 bits per heavy atom. The van der Waals surface area contributed by atoms with Gasteiger partial charge in [-0.1, -0.05) is 0 Å². The molecule has 0 radical (unpaired) electrons. The molecular formula is C6H9KO7. The molecule has 0 aliphatic carbocycles. The molecule has 0 heterocycles. The van der Waals surface area contributed by atoms with Crippen molar-refractivity contribution < 1.29 is 86.5 Å². The third-order valence-electron chi connectivity index (χ3n) is 1.37. The predicted octanol–water partition coefficient (Wildman–Crippen LogP) is -7.62. The maximum absolute atomic E-state index is 10.4. The second-order valence-corrected chi connectivity index (χ2v) is 2.34. The van der Waals surface area contributed by atoms with Crippen molar-refractivity contribution >= 4 is 11.8 Å². The summed E-state index contributed by atoms with van der Waals surface area (Å²) in [6, 6.07) is 0. The maximum Gasteiger partial charge on any atom is 1.00 e. The van der Waals surface area contributed by atoms with E-state index in [2.05, 4.69) is 0 Å². The Kier molecular flexibility index (Phi) is 9.55. The Labute approximate surface area is 122 Å². The van der Waals surface area contributed by atoms with Gasteiger partial charge in [-0.2, -0.15) is 0 Å². The van der Waals surface area contributed by atoms with Gasteiger partial charge < -0.3 is 30.3 Å². The minimum absolute atomic E-state index is 0. The van der Waals surface area contributed by atoms with E-state index in [1.165, 1.54) is 0 Å². The molecule has 0 aromatic carbocycles. The molecule has 0 saturated carbocycles. The van der Waals surface area contributed by atoms with Crippen molar-refractivity contribution in [1.82, 2.24) is 0 Å². The average Bonchev–Trinajstić information content (AvgIpc) is 2.12. The van der Waals surface area contributed by atoms with Gasteiger partial charge in [0.25, 0.3) is 0 Å². The molecule has 0 saturated heterocycles. The first-order valence-electron chi connectivity index (χ1n) is 3.32. The Hall–Kier alpha value is 0.616. The van der Waals surface area contributed by atoms with Crippen LogP contribution in [0.5, 0.6) is 0 Å². The number of Topliss-reactive ketones (excluding diaryl/α,β-unsaturated/α-hetero) is 1. The van der Waals surface area contributed by atoms with E-state index in [-0.39, 0.29) is 51.4 Å². The van der Waals surface area contributed by atoms with Gasteiger partial charge in [-0.05, 0) is 0 Å². The van der Waals surface area contributed by atoms with Gasteiger partial charge in [-0.3, -0.25) is 4.79 Å². The smallest absolute Gasteiger partial charge is 0.542 e. The van der Waals surface area contributed by atoms with Crippen molar-refractivity contribution in [2.75, 3.05) is 6.61 Å². The Bertz CT molecular complexity index is 206. The standard InChI is InChI=1S/C6H10O7.K/c7-1-2(8)3(9)4(10)5(11)6(12)13;/h2-4,7-10H,1H2,(H,12,13);/q;+1/p-1/t2-,3+,4-;/m1./s1. The molecule has 0 aromatic rings. The predicted molar refractivity (Wildman–Crippen MR) is 35.1 cm³/mol. The summed E-state index contributed by atoms with van der Waals surface area (Å²) in [4.78, 5) is 20.3. The summed E-state index contributed by atoms with van der Waals surface area (Å²) in [5, 5.41) is 44.5. The van der Waals surface area contributed by atoms with Crippen LogP contribution in [-0.2, 0) is 9.59 Å². The number of aliphatic carboxylic acids is 1. The topological polar surface area (TPSA) is 138 Å². The summed E-state index contributed by atoms with van der Waals surface area (Å²) in [6.45, 7) is -0.904. The van der Waals surface area contributed by atoms with E-state index in [4.69, 9.17) is 20.4 Å². The van der Waals surface area contributed by atoms with E-state index in [0.717, 1.165) is 0 Å². The van der Waals surface area contributed by atoms with Gasteiger partial charge in [0.2, 0.25) is 5.78 Å². The third kappa shape index (κ3) is 4.91. The molecule has 0 fully saturated rings. The molecule has 4 N–H and O–H groups in total. The number of carboxylic acids is 1. The molecule has 0 aliphatic heterocycles. The van der Waals surface area contributed by atoms with Crippen LogP contribution in [0.1, 0.15) is 0 Å². The van der Waals surface area contributed by atoms with Crippen molar-refractivity contribution in [3.8, 4) is 0 Å². The number of rotatable bonds is 5. The van der Waals surface area contributed by atoms with Crippen LogP contribution in [0.2, 0.25) is 0 Å². The third-order valence-corrected chi connectivity index (χ3v) is 1.37. The Balaban J connectivity index is 0. The van der Waals surface area contributed by atoms with Gasteiger partial charge in [0.1, 0.15) is 24.3 Å². The molecule has 7 nitrogen and oxygen atoms in total. The molecule has 3 atom stereocenters. The fraction of sp³-hybridized carbons (Fsp3) is 0.667. The summed E-state index contributed by atoms with van der Waals surface area (Å²) in [5.74, 6) is -3.92. The number of carbonyl (C=O) groups is 2. The van der Waals surface area contributed by atoms with Crippen LogP contribution >= 0.6 is 0 Å². The SMILES string of the molecule is O=C([O-])C(=O)[C@H](O)[C@@H](O)[C@H](O)CO.[K+]. The first-order chi connectivity index (χ1) is 5.91. The number of carboxylic acid groups (broad SMARTS) is 1. The van der Waals surface area contributed by atoms with E-state index in [1.54, 1.807) is 0 Å². The minimum Gasteiger partial charge on any atom is -0.542 e. The van der Waals surface area contributed by atoms with Gasteiger partial charge >= 0.3 is 51.4 Å². The first kappa shape index (κ1) is 17.0. The summed E-state index contributed by atoms with van der Waals surface area (Å²) in [6.07, 6.45) is -6.12. The second kappa shape index (κ2) is 7.85. The Morgan fingerprint density at radius 3 is 1.93 bits per heavy atom. The van der Waals surface area contributed by atoms with Crippen molar-refractivity contribution in [3.63, 3.8) is 0 Å². The molecule has 0 unspecified atom stereocenters. The van der Waals surface area contributed by atoms with Crippen molar-refractivity contribution in [1.29, 1.82) is 0 Å². The van der Waals surface area contributed by atoms with Gasteiger partial charge in [0.05, 0.1) is 6.61 Å². The van der Waals surface area contributed by atoms with Crippen molar-refractivity contribution in [2.45, 2.75) is 18.3 Å². The van der Waals surface area contributed by atoms with Crippen LogP contribution in [0.4, 0.5) is 0 Å². The molecule has 76 valence electrons. The van der Waals surface area contributed by atoms with E-state index in [9.17, 15) is 14.7 Å². The molecule has 14 heavy (non-hydrogen) atoms. The zero-order valence-electron chi connectivity index (χ0n) is 7.45. The van der Waals surface area contributed by atoms with E-state index < -0.39 is 36.7 Å². The molecule has 0 aliphatic rings. The summed E-state index contributed by atoms with van der Waals surface area (Å²) in [7, 11) is 0. The zero-order valence-corrected chi connectivity index (χ0v) is 10.6. The van der Waals surface area contributed by atoms with Gasteiger partial charge in [0.15, 0.2) is 0 Å². The molecular weight excluding hydrogens is 223 g/mol. The Morgan fingerprint density at radius 1 is 1.21 bits per heavy atom. The van der Waals surface area contributed by atoms with Crippen LogP contribution < -0.4 is 56.5 Å². The monoisotopic (exact) mass is 232 g/mol. The van der Waals surface area contributed by atoms with E-state index in [1.807, 2.05) is 0 Å². The number of ketones is 1. The summed E-state index contributed by atoms with van der Waals surface area (Å²) < 4.78 is 0. The quantitative estimate of drug-likeness (QED) is 0.273. The largest absolute Gasteiger partial charge is 1.00 e. The number of hydrogen-bond acceptors (Lipinski definition) is 7. The molecule has 8 heteroatoms. The van der Waals surface area contributed by atoms with Crippen LogP contribution in [0.15, 0.2) is 0 Å². The van der Waals surface area contributed by atoms with Gasteiger partial charge in [0, 0.05) is 0 Å². The fourth-order valence-corrected chi connectivity index (χ4v) is 0.594. The molecule has 0 spiro atoms.